The third kappa shape index (κ3) is 6.17. The zero-order valence-corrected chi connectivity index (χ0v) is 21.9. The number of pyridine rings is 1. The van der Waals surface area contributed by atoms with Gasteiger partial charge in [-0.3, -0.25) is 4.98 Å². The Bertz CT molecular complexity index is 1320. The van der Waals surface area contributed by atoms with Gasteiger partial charge in [0.1, 0.15) is 22.9 Å². The molecule has 0 bridgehead atoms. The summed E-state index contributed by atoms with van der Waals surface area (Å²) < 4.78 is 17.3. The quantitative estimate of drug-likeness (QED) is 0.217. The van der Waals surface area contributed by atoms with Gasteiger partial charge in [-0.05, 0) is 41.9 Å². The van der Waals surface area contributed by atoms with Gasteiger partial charge in [0.15, 0.2) is 6.10 Å². The van der Waals surface area contributed by atoms with Crippen LogP contribution in [0.1, 0.15) is 33.5 Å². The fourth-order valence-corrected chi connectivity index (χ4v) is 4.37. The average molecular weight is 506 g/mol. The van der Waals surface area contributed by atoms with Crippen molar-refractivity contribution in [3.63, 3.8) is 0 Å². The fourth-order valence-electron chi connectivity index (χ4n) is 3.64. The molecule has 0 radical (unpaired) electrons. The van der Waals surface area contributed by atoms with Gasteiger partial charge in [0.05, 0.1) is 30.4 Å². The van der Waals surface area contributed by atoms with Gasteiger partial charge in [0.2, 0.25) is 0 Å². The lowest BCUT2D eigenvalue weighted by molar-refractivity contribution is 0.0598. The monoisotopic (exact) mass is 505 g/mol. The molecule has 8 nitrogen and oxygen atoms in total. The topological polar surface area (TPSA) is 107 Å². The highest BCUT2D eigenvalue weighted by Crippen LogP contribution is 2.32. The molecular formula is C27H31N3O5Si. The number of aromatic nitrogens is 3. The predicted octanol–water partition coefficient (Wildman–Crippen LogP) is 5.47. The normalized spacial score (nSPS) is 12.5. The molecule has 4 rings (SSSR count). The van der Waals surface area contributed by atoms with E-state index in [2.05, 4.69) is 29.6 Å². The zero-order chi connectivity index (χ0) is 25.7. The van der Waals surface area contributed by atoms with Crippen molar-refractivity contribution in [2.75, 3.05) is 13.7 Å². The fraction of sp³-hybridized carbons (Fsp3) is 0.296. The van der Waals surface area contributed by atoms with Crippen LogP contribution in [-0.4, -0.2) is 47.8 Å². The van der Waals surface area contributed by atoms with Crippen molar-refractivity contribution in [2.24, 2.45) is 0 Å². The molecule has 0 saturated carbocycles. The molecule has 9 heteroatoms. The van der Waals surface area contributed by atoms with E-state index < -0.39 is 20.1 Å². The van der Waals surface area contributed by atoms with E-state index in [-0.39, 0.29) is 12.2 Å². The molecule has 2 aromatic carbocycles. The minimum Gasteiger partial charge on any atom is -0.465 e. The van der Waals surface area contributed by atoms with Gasteiger partial charge in [-0.1, -0.05) is 37.8 Å². The molecule has 2 N–H and O–H groups in total. The number of hydrogen-bond acceptors (Lipinski definition) is 7. The Morgan fingerprint density at radius 3 is 2.53 bits per heavy atom. The van der Waals surface area contributed by atoms with Crippen LogP contribution in [0.25, 0.3) is 11.0 Å². The number of ether oxygens (including phenoxy) is 3. The number of rotatable bonds is 10. The van der Waals surface area contributed by atoms with Crippen LogP contribution in [0.3, 0.4) is 0 Å². The number of methoxy groups -OCH3 is 1. The van der Waals surface area contributed by atoms with Gasteiger partial charge in [-0.15, -0.1) is 0 Å². The van der Waals surface area contributed by atoms with Crippen molar-refractivity contribution in [2.45, 2.75) is 38.4 Å². The van der Waals surface area contributed by atoms with Crippen LogP contribution in [0.4, 0.5) is 0 Å². The number of H-pyrrole nitrogens is 1. The first kappa shape index (κ1) is 25.6. The first-order valence-electron chi connectivity index (χ1n) is 11.8. The number of benzene rings is 2. The van der Waals surface area contributed by atoms with Crippen LogP contribution in [0.15, 0.2) is 60.8 Å². The molecule has 2 aromatic heterocycles. The Balaban J connectivity index is 1.71. The van der Waals surface area contributed by atoms with Crippen molar-refractivity contribution in [1.29, 1.82) is 0 Å². The largest absolute Gasteiger partial charge is 0.465 e. The maximum absolute atomic E-state index is 12.6. The van der Waals surface area contributed by atoms with Crippen LogP contribution < -0.4 is 4.74 Å². The molecule has 0 amide bonds. The van der Waals surface area contributed by atoms with E-state index in [0.29, 0.717) is 35.0 Å². The van der Waals surface area contributed by atoms with Gasteiger partial charge >= 0.3 is 5.97 Å². The second kappa shape index (κ2) is 11.0. The third-order valence-corrected chi connectivity index (χ3v) is 7.39. The first-order valence-corrected chi connectivity index (χ1v) is 15.5. The van der Waals surface area contributed by atoms with Crippen LogP contribution in [0, 0.1) is 0 Å². The minimum absolute atomic E-state index is 0.0624. The number of carbonyl (C=O) groups is 1. The van der Waals surface area contributed by atoms with Crippen LogP contribution in [-0.2, 0) is 16.1 Å². The van der Waals surface area contributed by atoms with E-state index in [1.807, 2.05) is 18.2 Å². The van der Waals surface area contributed by atoms with E-state index in [1.54, 1.807) is 42.6 Å². The second-order valence-electron chi connectivity index (χ2n) is 9.70. The molecule has 0 fully saturated rings. The predicted molar refractivity (Wildman–Crippen MR) is 140 cm³/mol. The highest BCUT2D eigenvalue weighted by atomic mass is 28.3. The molecule has 0 spiro atoms. The Morgan fingerprint density at radius 2 is 1.89 bits per heavy atom. The molecule has 4 aromatic rings. The van der Waals surface area contributed by atoms with Crippen LogP contribution >= 0.6 is 0 Å². The Labute approximate surface area is 211 Å². The summed E-state index contributed by atoms with van der Waals surface area (Å²) in [5.41, 5.74) is 3.05. The molecule has 1 atom stereocenters. The lowest BCUT2D eigenvalue weighted by Gasteiger charge is -2.19. The van der Waals surface area contributed by atoms with Gasteiger partial charge in [-0.2, -0.15) is 0 Å². The number of hydrogen-bond donors (Lipinski definition) is 2. The van der Waals surface area contributed by atoms with Crippen molar-refractivity contribution < 1.29 is 24.1 Å². The number of aliphatic hydroxyl groups excluding tert-OH is 1. The Hall–Kier alpha value is -3.53. The second-order valence-corrected chi connectivity index (χ2v) is 15.3. The van der Waals surface area contributed by atoms with Crippen LogP contribution in [0.5, 0.6) is 11.5 Å². The number of aromatic amines is 1. The number of imidazole rings is 1. The third-order valence-electron chi connectivity index (χ3n) is 5.68. The summed E-state index contributed by atoms with van der Waals surface area (Å²) in [4.78, 5) is 25.2. The molecule has 36 heavy (non-hydrogen) atoms. The number of esters is 1. The molecule has 0 aliphatic rings. The maximum Gasteiger partial charge on any atom is 0.341 e. The highest BCUT2D eigenvalue weighted by molar-refractivity contribution is 6.76. The van der Waals surface area contributed by atoms with Crippen molar-refractivity contribution >= 4 is 25.1 Å². The van der Waals surface area contributed by atoms with E-state index in [4.69, 9.17) is 19.2 Å². The maximum atomic E-state index is 12.6. The average Bonchev–Trinajstić information content (AvgIpc) is 3.28. The minimum atomic E-state index is -1.29. The lowest BCUT2D eigenvalue weighted by Crippen LogP contribution is -2.23. The van der Waals surface area contributed by atoms with Crippen molar-refractivity contribution in [3.05, 3.63) is 83.4 Å². The molecular weight excluding hydrogens is 474 g/mol. The van der Waals surface area contributed by atoms with E-state index in [9.17, 15) is 9.90 Å². The number of aliphatic hydroxyl groups is 1. The smallest absolute Gasteiger partial charge is 0.341 e. The van der Waals surface area contributed by atoms with Crippen molar-refractivity contribution in [1.82, 2.24) is 15.0 Å². The van der Waals surface area contributed by atoms with E-state index in [1.165, 1.54) is 7.11 Å². The summed E-state index contributed by atoms with van der Waals surface area (Å²) in [6.45, 7) is 7.45. The summed E-state index contributed by atoms with van der Waals surface area (Å²) >= 11 is 0. The summed E-state index contributed by atoms with van der Waals surface area (Å²) in [7, 11) is 0.0369. The summed E-state index contributed by atoms with van der Waals surface area (Å²) in [5, 5.41) is 9.28. The van der Waals surface area contributed by atoms with Crippen molar-refractivity contribution in [3.8, 4) is 11.5 Å². The molecule has 188 valence electrons. The van der Waals surface area contributed by atoms with Gasteiger partial charge < -0.3 is 24.3 Å². The Morgan fingerprint density at radius 1 is 1.11 bits per heavy atom. The molecule has 0 aliphatic heterocycles. The molecule has 0 saturated heterocycles. The molecule has 0 aliphatic carbocycles. The zero-order valence-electron chi connectivity index (χ0n) is 20.9. The number of nitrogens with zero attached hydrogens (tertiary/aromatic N) is 2. The Kier molecular flexibility index (Phi) is 7.83. The summed E-state index contributed by atoms with van der Waals surface area (Å²) in [6, 6.07) is 17.1. The molecule has 2 heterocycles. The van der Waals surface area contributed by atoms with E-state index >= 15 is 0 Å². The summed E-state index contributed by atoms with van der Waals surface area (Å²) in [6.07, 6.45) is 1.25. The molecule has 1 unspecified atom stereocenters. The van der Waals surface area contributed by atoms with E-state index in [0.717, 1.165) is 17.3 Å². The van der Waals surface area contributed by atoms with Gasteiger partial charge in [0.25, 0.3) is 0 Å². The van der Waals surface area contributed by atoms with Gasteiger partial charge in [-0.25, -0.2) is 9.78 Å². The highest BCUT2D eigenvalue weighted by Gasteiger charge is 2.24. The SMILES string of the molecule is COC(=O)c1cc2[nH]c(C(OCC[Si](C)(C)C)c3ccccn3)nc2cc1Oc1ccc(CO)cc1. The number of nitrogens with one attached hydrogen (secondary N) is 1. The van der Waals surface area contributed by atoms with Gasteiger partial charge in [0, 0.05) is 26.9 Å². The lowest BCUT2D eigenvalue weighted by atomic mass is 10.1. The van der Waals surface area contributed by atoms with Crippen LogP contribution in [0.2, 0.25) is 25.7 Å². The first-order chi connectivity index (χ1) is 17.3. The number of carbonyl (C=O) groups excluding carboxylic acids is 1. The standard InChI is InChI=1S/C27H31N3O5Si/c1-33-27(32)20-15-22-23(16-24(20)35-19-10-8-18(17-31)9-11-19)30-26(29-22)25(21-7-5-6-12-28-21)34-13-14-36(2,3)4/h5-12,15-16,25,31H,13-14,17H2,1-4H3,(H,29,30). The summed E-state index contributed by atoms with van der Waals surface area (Å²) in [5.74, 6) is 0.911. The number of fused-ring (bicyclic) bond motifs is 1.